The fourth-order valence-electron chi connectivity index (χ4n) is 1.98. The van der Waals surface area contributed by atoms with Crippen LogP contribution in [0.15, 0.2) is 6.07 Å². The van der Waals surface area contributed by atoms with E-state index in [4.69, 9.17) is 18.0 Å². The Kier molecular flexibility index (Phi) is 3.65. The van der Waals surface area contributed by atoms with Gasteiger partial charge in [-0.1, -0.05) is 19.1 Å². The molecule has 98 valence electrons. The number of carbonyl (C=O) groups is 1. The summed E-state index contributed by atoms with van der Waals surface area (Å²) in [5, 5.41) is 7.16. The van der Waals surface area contributed by atoms with Gasteiger partial charge in [0, 0.05) is 7.05 Å². The van der Waals surface area contributed by atoms with Crippen LogP contribution in [0.25, 0.3) is 0 Å². The summed E-state index contributed by atoms with van der Waals surface area (Å²) in [6.45, 7) is 2.01. The van der Waals surface area contributed by atoms with E-state index in [0.29, 0.717) is 16.6 Å². The first-order valence-corrected chi connectivity index (χ1v) is 6.56. The number of nitrogens with two attached hydrogens (primary N) is 1. The molecule has 1 atom stereocenters. The molecular weight excluding hydrogens is 248 g/mol. The Hall–Kier alpha value is -1.43. The maximum absolute atomic E-state index is 12.2. The van der Waals surface area contributed by atoms with Gasteiger partial charge in [-0.15, -0.1) is 0 Å². The zero-order chi connectivity index (χ0) is 13.3. The first-order valence-electron chi connectivity index (χ1n) is 6.16. The second-order valence-electron chi connectivity index (χ2n) is 4.69. The third kappa shape index (κ3) is 2.69. The lowest BCUT2D eigenvalue weighted by atomic mass is 10.2. The highest BCUT2D eigenvalue weighted by Crippen LogP contribution is 2.32. The van der Waals surface area contributed by atoms with Crippen molar-refractivity contribution >= 4 is 23.1 Å². The molecule has 3 N–H and O–H groups in total. The highest BCUT2D eigenvalue weighted by molar-refractivity contribution is 7.80. The van der Waals surface area contributed by atoms with Crippen LogP contribution in [0.2, 0.25) is 0 Å². The average molecular weight is 266 g/mol. The number of amides is 1. The number of thiocarbonyl (C=S) groups is 1. The Labute approximate surface area is 112 Å². The summed E-state index contributed by atoms with van der Waals surface area (Å²) < 4.78 is 1.59. The van der Waals surface area contributed by atoms with Gasteiger partial charge in [-0.2, -0.15) is 5.10 Å². The fourth-order valence-corrected chi connectivity index (χ4v) is 2.23. The average Bonchev–Trinajstić information content (AvgIpc) is 3.08. The third-order valence-corrected chi connectivity index (χ3v) is 3.47. The summed E-state index contributed by atoms with van der Waals surface area (Å²) in [4.78, 5) is 12.5. The van der Waals surface area contributed by atoms with Crippen molar-refractivity contribution in [2.45, 2.75) is 32.2 Å². The van der Waals surface area contributed by atoms with Crippen molar-refractivity contribution in [3.63, 3.8) is 0 Å². The standard InChI is InChI=1S/C12H18N4OS/c1-3-8-6-9(16(2)15-8)12(17)14-10(11(13)18)7-4-5-7/h6-7,10H,3-5H2,1-2H3,(H2,13,18)(H,14,17). The summed E-state index contributed by atoms with van der Waals surface area (Å²) in [5.74, 6) is 0.250. The van der Waals surface area contributed by atoms with Gasteiger partial charge in [-0.25, -0.2) is 0 Å². The molecule has 0 aromatic carbocycles. The zero-order valence-electron chi connectivity index (χ0n) is 10.6. The van der Waals surface area contributed by atoms with Crippen molar-refractivity contribution in [2.24, 2.45) is 18.7 Å². The molecule has 1 heterocycles. The number of carbonyl (C=O) groups excluding carboxylic acids is 1. The van der Waals surface area contributed by atoms with E-state index in [0.717, 1.165) is 25.0 Å². The Morgan fingerprint density at radius 3 is 2.83 bits per heavy atom. The Morgan fingerprint density at radius 2 is 2.39 bits per heavy atom. The molecule has 1 aromatic heterocycles. The van der Waals surface area contributed by atoms with Gasteiger partial charge >= 0.3 is 0 Å². The van der Waals surface area contributed by atoms with E-state index in [-0.39, 0.29) is 11.9 Å². The molecule has 0 spiro atoms. The number of hydrogen-bond donors (Lipinski definition) is 2. The summed E-state index contributed by atoms with van der Waals surface area (Å²) in [6.07, 6.45) is 2.96. The summed E-state index contributed by atoms with van der Waals surface area (Å²) >= 11 is 5.00. The molecule has 1 unspecified atom stereocenters. The number of rotatable bonds is 5. The summed E-state index contributed by atoms with van der Waals surface area (Å²) in [6, 6.07) is 1.62. The predicted molar refractivity (Wildman–Crippen MR) is 73.3 cm³/mol. The molecule has 0 saturated heterocycles. The van der Waals surface area contributed by atoms with E-state index in [1.807, 2.05) is 6.92 Å². The van der Waals surface area contributed by atoms with Crippen LogP contribution in [0.1, 0.15) is 35.9 Å². The molecule has 1 saturated carbocycles. The number of aromatic nitrogens is 2. The Balaban J connectivity index is 2.10. The van der Waals surface area contributed by atoms with Crippen molar-refractivity contribution in [3.05, 3.63) is 17.5 Å². The van der Waals surface area contributed by atoms with E-state index >= 15 is 0 Å². The number of nitrogens with one attached hydrogen (secondary N) is 1. The van der Waals surface area contributed by atoms with Crippen LogP contribution in [0.4, 0.5) is 0 Å². The minimum absolute atomic E-state index is 0.158. The van der Waals surface area contributed by atoms with Crippen LogP contribution in [-0.2, 0) is 13.5 Å². The van der Waals surface area contributed by atoms with Gasteiger partial charge in [0.25, 0.3) is 5.91 Å². The molecule has 18 heavy (non-hydrogen) atoms. The van der Waals surface area contributed by atoms with Gasteiger partial charge in [-0.05, 0) is 31.2 Å². The monoisotopic (exact) mass is 266 g/mol. The van der Waals surface area contributed by atoms with Gasteiger partial charge in [0.2, 0.25) is 0 Å². The number of nitrogens with zero attached hydrogens (tertiary/aromatic N) is 2. The van der Waals surface area contributed by atoms with Crippen molar-refractivity contribution in [3.8, 4) is 0 Å². The molecule has 0 bridgehead atoms. The smallest absolute Gasteiger partial charge is 0.270 e. The molecular formula is C12H18N4OS. The van der Waals surface area contributed by atoms with Crippen molar-refractivity contribution in [2.75, 3.05) is 0 Å². The van der Waals surface area contributed by atoms with E-state index in [2.05, 4.69) is 10.4 Å². The molecule has 5 nitrogen and oxygen atoms in total. The van der Waals surface area contributed by atoms with Crippen LogP contribution in [-0.4, -0.2) is 26.7 Å². The summed E-state index contributed by atoms with van der Waals surface area (Å²) in [7, 11) is 1.76. The molecule has 1 aliphatic carbocycles. The van der Waals surface area contributed by atoms with Gasteiger partial charge in [0.15, 0.2) is 0 Å². The largest absolute Gasteiger partial charge is 0.392 e. The third-order valence-electron chi connectivity index (χ3n) is 3.21. The maximum atomic E-state index is 12.2. The maximum Gasteiger partial charge on any atom is 0.270 e. The van der Waals surface area contributed by atoms with E-state index in [1.54, 1.807) is 17.8 Å². The first kappa shape index (κ1) is 13.0. The summed E-state index contributed by atoms with van der Waals surface area (Å²) in [5.41, 5.74) is 7.12. The lowest BCUT2D eigenvalue weighted by Crippen LogP contribution is -2.45. The molecule has 1 amide bonds. The highest BCUT2D eigenvalue weighted by atomic mass is 32.1. The van der Waals surface area contributed by atoms with Crippen molar-refractivity contribution in [1.82, 2.24) is 15.1 Å². The second kappa shape index (κ2) is 5.06. The van der Waals surface area contributed by atoms with E-state index in [1.165, 1.54) is 0 Å². The van der Waals surface area contributed by atoms with Crippen LogP contribution in [0.3, 0.4) is 0 Å². The molecule has 1 aliphatic rings. The zero-order valence-corrected chi connectivity index (χ0v) is 11.5. The fraction of sp³-hybridized carbons (Fsp3) is 0.583. The van der Waals surface area contributed by atoms with Gasteiger partial charge in [0.05, 0.1) is 16.7 Å². The SMILES string of the molecule is CCc1cc(C(=O)NC(C(N)=S)C2CC2)n(C)n1. The van der Waals surface area contributed by atoms with Crippen LogP contribution >= 0.6 is 12.2 Å². The van der Waals surface area contributed by atoms with Gasteiger partial charge in [0.1, 0.15) is 5.69 Å². The molecule has 2 rings (SSSR count). The minimum atomic E-state index is -0.188. The van der Waals surface area contributed by atoms with Gasteiger partial charge in [-0.3, -0.25) is 9.48 Å². The van der Waals surface area contributed by atoms with Gasteiger partial charge < -0.3 is 11.1 Å². The molecule has 0 radical (unpaired) electrons. The topological polar surface area (TPSA) is 72.9 Å². The van der Waals surface area contributed by atoms with Crippen molar-refractivity contribution in [1.29, 1.82) is 0 Å². The minimum Gasteiger partial charge on any atom is -0.392 e. The number of aryl methyl sites for hydroxylation is 2. The predicted octanol–water partition coefficient (Wildman–Crippen LogP) is 0.777. The lowest BCUT2D eigenvalue weighted by molar-refractivity contribution is 0.0934. The Bertz CT molecular complexity index is 478. The molecule has 1 aromatic rings. The lowest BCUT2D eigenvalue weighted by Gasteiger charge is -2.16. The Morgan fingerprint density at radius 1 is 1.72 bits per heavy atom. The highest BCUT2D eigenvalue weighted by Gasteiger charge is 2.34. The molecule has 1 fully saturated rings. The second-order valence-corrected chi connectivity index (χ2v) is 5.16. The van der Waals surface area contributed by atoms with Crippen LogP contribution in [0.5, 0.6) is 0 Å². The van der Waals surface area contributed by atoms with Crippen LogP contribution in [0, 0.1) is 5.92 Å². The number of hydrogen-bond acceptors (Lipinski definition) is 3. The van der Waals surface area contributed by atoms with Crippen LogP contribution < -0.4 is 11.1 Å². The molecule has 6 heteroatoms. The van der Waals surface area contributed by atoms with E-state index < -0.39 is 0 Å². The quantitative estimate of drug-likeness (QED) is 0.772. The molecule has 0 aliphatic heterocycles. The van der Waals surface area contributed by atoms with Crippen molar-refractivity contribution < 1.29 is 4.79 Å². The normalized spacial score (nSPS) is 16.3. The van der Waals surface area contributed by atoms with E-state index in [9.17, 15) is 4.79 Å². The first-order chi connectivity index (χ1) is 8.52.